The lowest BCUT2D eigenvalue weighted by atomic mass is 9.63. The zero-order valence-electron chi connectivity index (χ0n) is 17.3. The van der Waals surface area contributed by atoms with Crippen LogP contribution in [0.15, 0.2) is 53.1 Å². The van der Waals surface area contributed by atoms with Crippen molar-refractivity contribution in [3.8, 4) is 0 Å². The van der Waals surface area contributed by atoms with Crippen molar-refractivity contribution in [3.05, 3.63) is 60.1 Å². The minimum absolute atomic E-state index is 0.0281. The molecule has 0 aliphatic carbocycles. The van der Waals surface area contributed by atoms with Gasteiger partial charge in [0.15, 0.2) is 0 Å². The van der Waals surface area contributed by atoms with Gasteiger partial charge in [0.2, 0.25) is 0 Å². The Morgan fingerprint density at radius 2 is 1.68 bits per heavy atom. The minimum atomic E-state index is -0.410. The Balaban J connectivity index is 1.73. The molecular formula is C22H29BO5. The maximum Gasteiger partial charge on any atom is 0.461 e. The van der Waals surface area contributed by atoms with E-state index in [1.165, 1.54) is 0 Å². The van der Waals surface area contributed by atoms with E-state index in [1.54, 1.807) is 18.4 Å². The average Bonchev–Trinajstić information content (AvgIpc) is 3.24. The van der Waals surface area contributed by atoms with Crippen molar-refractivity contribution in [1.82, 2.24) is 0 Å². The fraction of sp³-hybridized carbons (Fsp3) is 0.500. The zero-order valence-corrected chi connectivity index (χ0v) is 17.3. The molecule has 0 saturated carbocycles. The van der Waals surface area contributed by atoms with Crippen molar-refractivity contribution >= 4 is 13.1 Å². The third-order valence-electron chi connectivity index (χ3n) is 5.91. The second-order valence-electron chi connectivity index (χ2n) is 8.45. The Bertz CT molecular complexity index is 753. The molecule has 28 heavy (non-hydrogen) atoms. The smallest absolute Gasteiger partial charge is 0.461 e. The molecule has 1 aliphatic heterocycles. The van der Waals surface area contributed by atoms with Crippen LogP contribution in [0.3, 0.4) is 0 Å². The first-order chi connectivity index (χ1) is 13.2. The summed E-state index contributed by atoms with van der Waals surface area (Å²) < 4.78 is 23.1. The standard InChI is InChI=1S/C22H29BO5/c1-16(23-27-21(2,3)22(4,5)28-23)19(17-10-7-6-8-11-17)14-20(24)26-15-18-12-9-13-25-18/h6-13,16,19H,14-15H2,1-5H3/t16-,19+/m0/s1. The Morgan fingerprint density at radius 3 is 2.25 bits per heavy atom. The van der Waals surface area contributed by atoms with Crippen LogP contribution in [0, 0.1) is 0 Å². The van der Waals surface area contributed by atoms with E-state index in [2.05, 4.69) is 6.92 Å². The van der Waals surface area contributed by atoms with Crippen LogP contribution in [0.5, 0.6) is 0 Å². The van der Waals surface area contributed by atoms with Gasteiger partial charge in [0.1, 0.15) is 12.4 Å². The summed E-state index contributed by atoms with van der Waals surface area (Å²) in [6.07, 6.45) is 1.81. The number of hydrogen-bond acceptors (Lipinski definition) is 5. The molecule has 2 heterocycles. The number of furan rings is 1. The molecule has 150 valence electrons. The van der Waals surface area contributed by atoms with Gasteiger partial charge < -0.3 is 18.5 Å². The van der Waals surface area contributed by atoms with E-state index in [9.17, 15) is 4.79 Å². The van der Waals surface area contributed by atoms with Gasteiger partial charge in [-0.1, -0.05) is 37.3 Å². The van der Waals surface area contributed by atoms with Crippen molar-refractivity contribution in [1.29, 1.82) is 0 Å². The van der Waals surface area contributed by atoms with E-state index in [1.807, 2.05) is 58.0 Å². The molecule has 1 fully saturated rings. The predicted octanol–water partition coefficient (Wildman–Crippen LogP) is 4.98. The number of carbonyl (C=O) groups is 1. The molecule has 1 saturated heterocycles. The minimum Gasteiger partial charge on any atom is -0.466 e. The number of ether oxygens (including phenoxy) is 1. The summed E-state index contributed by atoms with van der Waals surface area (Å²) in [5.74, 6) is 0.247. The van der Waals surface area contributed by atoms with Gasteiger partial charge in [0.05, 0.1) is 23.9 Å². The van der Waals surface area contributed by atoms with Crippen LogP contribution in [0.1, 0.15) is 58.3 Å². The molecule has 2 atom stereocenters. The maximum atomic E-state index is 12.6. The molecule has 0 radical (unpaired) electrons. The summed E-state index contributed by atoms with van der Waals surface area (Å²) in [5.41, 5.74) is 0.250. The Morgan fingerprint density at radius 1 is 1.04 bits per heavy atom. The molecule has 0 amide bonds. The SMILES string of the molecule is C[C@H](B1OC(C)(C)C(C)(C)O1)[C@@H](CC(=O)OCc1ccco1)c1ccccc1. The second-order valence-corrected chi connectivity index (χ2v) is 8.45. The van der Waals surface area contributed by atoms with E-state index in [-0.39, 0.29) is 30.7 Å². The summed E-state index contributed by atoms with van der Waals surface area (Å²) >= 11 is 0. The highest BCUT2D eigenvalue weighted by atomic mass is 16.7. The number of hydrogen-bond donors (Lipinski definition) is 0. The zero-order chi connectivity index (χ0) is 20.4. The Kier molecular flexibility index (Phi) is 6.01. The lowest BCUT2D eigenvalue weighted by molar-refractivity contribution is -0.146. The second kappa shape index (κ2) is 8.14. The lowest BCUT2D eigenvalue weighted by Crippen LogP contribution is -2.41. The highest BCUT2D eigenvalue weighted by molar-refractivity contribution is 6.47. The van der Waals surface area contributed by atoms with E-state index in [0.29, 0.717) is 5.76 Å². The van der Waals surface area contributed by atoms with Crippen molar-refractivity contribution in [3.63, 3.8) is 0 Å². The van der Waals surface area contributed by atoms with Gasteiger partial charge in [-0.05, 0) is 57.1 Å². The van der Waals surface area contributed by atoms with Crippen LogP contribution in [0.2, 0.25) is 5.82 Å². The monoisotopic (exact) mass is 384 g/mol. The molecule has 0 spiro atoms. The topological polar surface area (TPSA) is 57.9 Å². The van der Waals surface area contributed by atoms with E-state index in [0.717, 1.165) is 5.56 Å². The van der Waals surface area contributed by atoms with Crippen LogP contribution in [0.25, 0.3) is 0 Å². The molecule has 0 unspecified atom stereocenters. The van der Waals surface area contributed by atoms with Crippen LogP contribution in [0.4, 0.5) is 0 Å². The van der Waals surface area contributed by atoms with E-state index in [4.69, 9.17) is 18.5 Å². The van der Waals surface area contributed by atoms with E-state index >= 15 is 0 Å². The van der Waals surface area contributed by atoms with Gasteiger partial charge in [-0.15, -0.1) is 0 Å². The molecule has 2 aromatic rings. The number of rotatable bonds is 7. The molecule has 1 aromatic heterocycles. The number of benzene rings is 1. The van der Waals surface area contributed by atoms with Gasteiger partial charge in [-0.3, -0.25) is 4.79 Å². The number of esters is 1. The molecule has 5 nitrogen and oxygen atoms in total. The quantitative estimate of drug-likeness (QED) is 0.498. The molecule has 3 rings (SSSR count). The molecular weight excluding hydrogens is 355 g/mol. The van der Waals surface area contributed by atoms with Gasteiger partial charge in [-0.2, -0.15) is 0 Å². The molecule has 1 aliphatic rings. The van der Waals surface area contributed by atoms with Crippen LogP contribution >= 0.6 is 0 Å². The third-order valence-corrected chi connectivity index (χ3v) is 5.91. The Labute approximate surface area is 167 Å². The van der Waals surface area contributed by atoms with E-state index < -0.39 is 18.3 Å². The van der Waals surface area contributed by atoms with Crippen LogP contribution in [-0.2, 0) is 25.4 Å². The predicted molar refractivity (Wildman–Crippen MR) is 108 cm³/mol. The first-order valence-electron chi connectivity index (χ1n) is 9.78. The fourth-order valence-electron chi connectivity index (χ4n) is 3.39. The first-order valence-corrected chi connectivity index (χ1v) is 9.78. The summed E-state index contributed by atoms with van der Waals surface area (Å²) in [5, 5.41) is 0. The van der Waals surface area contributed by atoms with Gasteiger partial charge in [-0.25, -0.2) is 0 Å². The summed E-state index contributed by atoms with van der Waals surface area (Å²) in [4.78, 5) is 12.6. The van der Waals surface area contributed by atoms with Gasteiger partial charge in [0, 0.05) is 0 Å². The third kappa shape index (κ3) is 4.50. The highest BCUT2D eigenvalue weighted by Gasteiger charge is 2.54. The highest BCUT2D eigenvalue weighted by Crippen LogP contribution is 2.44. The Hall–Kier alpha value is -2.05. The number of carbonyl (C=O) groups excluding carboxylic acids is 1. The van der Waals surface area contributed by atoms with Crippen molar-refractivity contribution in [2.75, 3.05) is 0 Å². The normalized spacial score (nSPS) is 20.0. The van der Waals surface area contributed by atoms with Gasteiger partial charge >= 0.3 is 13.1 Å². The average molecular weight is 384 g/mol. The summed E-state index contributed by atoms with van der Waals surface area (Å²) in [6, 6.07) is 13.6. The first kappa shape index (κ1) is 20.7. The van der Waals surface area contributed by atoms with Crippen molar-refractivity contribution < 1.29 is 23.3 Å². The summed E-state index contributed by atoms with van der Waals surface area (Å²) in [7, 11) is -0.395. The van der Waals surface area contributed by atoms with Gasteiger partial charge in [0.25, 0.3) is 0 Å². The van der Waals surface area contributed by atoms with Crippen molar-refractivity contribution in [2.24, 2.45) is 0 Å². The molecule has 6 heteroatoms. The molecule has 1 aromatic carbocycles. The molecule has 0 N–H and O–H groups in total. The largest absolute Gasteiger partial charge is 0.466 e. The fourth-order valence-corrected chi connectivity index (χ4v) is 3.39. The summed E-state index contributed by atoms with van der Waals surface area (Å²) in [6.45, 7) is 10.4. The maximum absolute atomic E-state index is 12.6. The van der Waals surface area contributed by atoms with Crippen molar-refractivity contribution in [2.45, 2.75) is 70.6 Å². The lowest BCUT2D eigenvalue weighted by Gasteiger charge is -2.32. The van der Waals surface area contributed by atoms with Crippen LogP contribution in [-0.4, -0.2) is 24.3 Å². The molecule has 0 bridgehead atoms. The van der Waals surface area contributed by atoms with Crippen LogP contribution < -0.4 is 0 Å².